The summed E-state index contributed by atoms with van der Waals surface area (Å²) in [5, 5.41) is 12.0. The van der Waals surface area contributed by atoms with E-state index in [2.05, 4.69) is 11.4 Å². The van der Waals surface area contributed by atoms with E-state index in [9.17, 15) is 24.0 Å². The van der Waals surface area contributed by atoms with Gasteiger partial charge in [-0.15, -0.1) is 0 Å². The fourth-order valence-corrected chi connectivity index (χ4v) is 3.89. The molecule has 29 heavy (non-hydrogen) atoms. The molecule has 1 N–H and O–H groups in total. The molecular weight excluding hydrogens is 377 g/mol. The van der Waals surface area contributed by atoms with Gasteiger partial charge in [-0.05, 0) is 62.8 Å². The van der Waals surface area contributed by atoms with E-state index in [1.165, 1.54) is 24.3 Å². The first-order valence-electron chi connectivity index (χ1n) is 9.86. The van der Waals surface area contributed by atoms with Crippen molar-refractivity contribution in [3.8, 4) is 6.07 Å². The predicted molar refractivity (Wildman–Crippen MR) is 101 cm³/mol. The van der Waals surface area contributed by atoms with Crippen LogP contribution in [0.5, 0.6) is 0 Å². The van der Waals surface area contributed by atoms with E-state index in [-0.39, 0.29) is 11.8 Å². The summed E-state index contributed by atoms with van der Waals surface area (Å²) < 4.78 is 18.1. The molecule has 1 aromatic carbocycles. The minimum Gasteiger partial charge on any atom is -0.455 e. The average molecular weight is 401 g/mol. The zero-order valence-corrected chi connectivity index (χ0v) is 16.2. The Labute approximate surface area is 168 Å². The summed E-state index contributed by atoms with van der Waals surface area (Å²) in [5.74, 6) is -1.91. The van der Waals surface area contributed by atoms with Gasteiger partial charge in [0.25, 0.3) is 11.8 Å². The summed E-state index contributed by atoms with van der Waals surface area (Å²) in [6.45, 7) is 0.371. The van der Waals surface area contributed by atoms with Gasteiger partial charge < -0.3 is 15.0 Å². The number of esters is 1. The molecule has 1 saturated heterocycles. The molecule has 8 heteroatoms. The molecule has 2 amide bonds. The average Bonchev–Trinajstić information content (AvgIpc) is 3.21. The first-order chi connectivity index (χ1) is 13.9. The second kappa shape index (κ2) is 9.03. The summed E-state index contributed by atoms with van der Waals surface area (Å²) in [7, 11) is 0. The van der Waals surface area contributed by atoms with Crippen molar-refractivity contribution >= 4 is 17.8 Å². The molecule has 0 bridgehead atoms. The number of hydrogen-bond donors (Lipinski definition) is 1. The van der Waals surface area contributed by atoms with Gasteiger partial charge in [0, 0.05) is 18.7 Å². The maximum absolute atomic E-state index is 13.0. The van der Waals surface area contributed by atoms with Crippen LogP contribution in [0.1, 0.15) is 48.9 Å². The number of halogens is 1. The fourth-order valence-electron chi connectivity index (χ4n) is 3.89. The van der Waals surface area contributed by atoms with Gasteiger partial charge in [0.15, 0.2) is 6.61 Å². The van der Waals surface area contributed by atoms with E-state index in [4.69, 9.17) is 4.74 Å². The van der Waals surface area contributed by atoms with E-state index in [0.29, 0.717) is 44.3 Å². The SMILES string of the molecule is N#CC1(NC(=O)COC(=O)C2CCN(C(=O)c3ccc(F)cc3)CC2)CCCC1. The summed E-state index contributed by atoms with van der Waals surface area (Å²) in [6, 6.07) is 7.52. The highest BCUT2D eigenvalue weighted by molar-refractivity contribution is 5.94. The van der Waals surface area contributed by atoms with Crippen molar-refractivity contribution in [3.63, 3.8) is 0 Å². The second-order valence-electron chi connectivity index (χ2n) is 7.63. The van der Waals surface area contributed by atoms with Crippen LogP contribution in [0.4, 0.5) is 4.39 Å². The molecule has 1 aliphatic carbocycles. The molecule has 1 aromatic rings. The maximum Gasteiger partial charge on any atom is 0.309 e. The van der Waals surface area contributed by atoms with Crippen LogP contribution in [-0.4, -0.2) is 47.9 Å². The van der Waals surface area contributed by atoms with Gasteiger partial charge in [-0.1, -0.05) is 0 Å². The van der Waals surface area contributed by atoms with Crippen molar-refractivity contribution in [2.24, 2.45) is 5.92 Å². The van der Waals surface area contributed by atoms with Crippen LogP contribution in [0.3, 0.4) is 0 Å². The van der Waals surface area contributed by atoms with Gasteiger partial charge in [-0.25, -0.2) is 4.39 Å². The number of carbonyl (C=O) groups excluding carboxylic acids is 3. The summed E-state index contributed by atoms with van der Waals surface area (Å²) in [6.07, 6.45) is 3.89. The molecule has 0 unspecified atom stereocenters. The van der Waals surface area contributed by atoms with Crippen molar-refractivity contribution in [1.82, 2.24) is 10.2 Å². The van der Waals surface area contributed by atoms with Gasteiger partial charge in [-0.3, -0.25) is 14.4 Å². The van der Waals surface area contributed by atoms with E-state index in [1.807, 2.05) is 0 Å². The summed E-state index contributed by atoms with van der Waals surface area (Å²) in [4.78, 5) is 38.4. The highest BCUT2D eigenvalue weighted by atomic mass is 19.1. The minimum absolute atomic E-state index is 0.199. The first-order valence-corrected chi connectivity index (χ1v) is 9.86. The molecule has 2 aliphatic rings. The van der Waals surface area contributed by atoms with Crippen LogP contribution >= 0.6 is 0 Å². The normalized spacial score (nSPS) is 18.7. The van der Waals surface area contributed by atoms with Crippen molar-refractivity contribution in [3.05, 3.63) is 35.6 Å². The monoisotopic (exact) mass is 401 g/mol. The van der Waals surface area contributed by atoms with Gasteiger partial charge >= 0.3 is 5.97 Å². The Hall–Kier alpha value is -2.95. The van der Waals surface area contributed by atoms with Gasteiger partial charge in [0.2, 0.25) is 0 Å². The number of carbonyl (C=O) groups is 3. The molecule has 3 rings (SSSR count). The van der Waals surface area contributed by atoms with Crippen LogP contribution < -0.4 is 5.32 Å². The molecular formula is C21H24FN3O4. The number of piperidine rings is 1. The number of likely N-dealkylation sites (tertiary alicyclic amines) is 1. The number of amides is 2. The Morgan fingerprint density at radius 3 is 2.38 bits per heavy atom. The standard InChI is InChI=1S/C21H24FN3O4/c22-17-5-3-15(4-6-17)19(27)25-11-7-16(8-12-25)20(28)29-13-18(26)24-21(14-23)9-1-2-10-21/h3-6,16H,1-2,7-13H2,(H,24,26). The third-order valence-electron chi connectivity index (χ3n) is 5.60. The van der Waals surface area contributed by atoms with Crippen LogP contribution in [0.15, 0.2) is 24.3 Å². The zero-order chi connectivity index (χ0) is 20.9. The number of nitrogens with zero attached hydrogens (tertiary/aromatic N) is 2. The predicted octanol–water partition coefficient (Wildman–Crippen LogP) is 2.17. The van der Waals surface area contributed by atoms with Crippen LogP contribution in [0, 0.1) is 23.1 Å². The first kappa shape index (κ1) is 20.8. The Kier molecular flexibility index (Phi) is 6.47. The third kappa shape index (κ3) is 5.11. The third-order valence-corrected chi connectivity index (χ3v) is 5.60. The fraction of sp³-hybridized carbons (Fsp3) is 0.524. The lowest BCUT2D eigenvalue weighted by Gasteiger charge is -2.31. The van der Waals surface area contributed by atoms with Crippen molar-refractivity contribution in [1.29, 1.82) is 5.26 Å². The lowest BCUT2D eigenvalue weighted by molar-refractivity contribution is -0.154. The Bertz CT molecular complexity index is 804. The number of nitrogens with one attached hydrogen (secondary N) is 1. The molecule has 2 fully saturated rings. The summed E-state index contributed by atoms with van der Waals surface area (Å²) >= 11 is 0. The number of nitriles is 1. The topological polar surface area (TPSA) is 99.5 Å². The van der Waals surface area contributed by atoms with Crippen LogP contribution in [0.2, 0.25) is 0 Å². The summed E-state index contributed by atoms with van der Waals surface area (Å²) in [5.41, 5.74) is -0.433. The van der Waals surface area contributed by atoms with E-state index < -0.39 is 29.8 Å². The quantitative estimate of drug-likeness (QED) is 0.763. The van der Waals surface area contributed by atoms with Crippen LogP contribution in [0.25, 0.3) is 0 Å². The lowest BCUT2D eigenvalue weighted by atomic mass is 9.96. The molecule has 154 valence electrons. The van der Waals surface area contributed by atoms with E-state index in [1.54, 1.807) is 4.90 Å². The molecule has 1 saturated carbocycles. The van der Waals surface area contributed by atoms with Crippen molar-refractivity contribution < 1.29 is 23.5 Å². The van der Waals surface area contributed by atoms with Crippen LogP contribution in [-0.2, 0) is 14.3 Å². The molecule has 0 spiro atoms. The smallest absolute Gasteiger partial charge is 0.309 e. The number of benzene rings is 1. The van der Waals surface area contributed by atoms with Gasteiger partial charge in [0.05, 0.1) is 12.0 Å². The lowest BCUT2D eigenvalue weighted by Crippen LogP contribution is -2.47. The Balaban J connectivity index is 1.43. The largest absolute Gasteiger partial charge is 0.455 e. The van der Waals surface area contributed by atoms with E-state index in [0.717, 1.165) is 12.8 Å². The maximum atomic E-state index is 13.0. The molecule has 1 aliphatic heterocycles. The van der Waals surface area contributed by atoms with E-state index >= 15 is 0 Å². The molecule has 0 aromatic heterocycles. The minimum atomic E-state index is -0.838. The second-order valence-corrected chi connectivity index (χ2v) is 7.63. The molecule has 0 radical (unpaired) electrons. The van der Waals surface area contributed by atoms with Crippen molar-refractivity contribution in [2.75, 3.05) is 19.7 Å². The Morgan fingerprint density at radius 1 is 1.17 bits per heavy atom. The number of hydrogen-bond acceptors (Lipinski definition) is 5. The molecule has 0 atom stereocenters. The van der Waals surface area contributed by atoms with Gasteiger partial charge in [-0.2, -0.15) is 5.26 Å². The zero-order valence-electron chi connectivity index (χ0n) is 16.2. The number of rotatable bonds is 5. The Morgan fingerprint density at radius 2 is 1.79 bits per heavy atom. The molecule has 7 nitrogen and oxygen atoms in total. The highest BCUT2D eigenvalue weighted by Gasteiger charge is 2.36. The number of ether oxygens (including phenoxy) is 1. The van der Waals surface area contributed by atoms with Crippen molar-refractivity contribution in [2.45, 2.75) is 44.1 Å². The van der Waals surface area contributed by atoms with Gasteiger partial charge in [0.1, 0.15) is 11.4 Å². The highest BCUT2D eigenvalue weighted by Crippen LogP contribution is 2.28. The molecule has 1 heterocycles.